The van der Waals surface area contributed by atoms with Gasteiger partial charge in [-0.25, -0.2) is 9.80 Å². The molecule has 0 aromatic heterocycles. The van der Waals surface area contributed by atoms with E-state index in [-0.39, 0.29) is 42.6 Å². The summed E-state index contributed by atoms with van der Waals surface area (Å²) in [7, 11) is 0. The van der Waals surface area contributed by atoms with Gasteiger partial charge in [-0.05, 0) is 36.8 Å². The molecule has 1 aromatic carbocycles. The molecule has 10 nitrogen and oxygen atoms in total. The van der Waals surface area contributed by atoms with Crippen molar-refractivity contribution in [3.05, 3.63) is 35.9 Å². The van der Waals surface area contributed by atoms with Gasteiger partial charge in [-0.3, -0.25) is 24.3 Å². The normalized spacial score (nSPS) is 22.6. The molecule has 3 heterocycles. The molecule has 3 amide bonds. The minimum atomic E-state index is -0.755. The molecule has 3 saturated heterocycles. The number of fused-ring (bicyclic) bond motifs is 1. The number of amides is 3. The summed E-state index contributed by atoms with van der Waals surface area (Å²) in [6, 6.07) is 7.16. The first-order valence-corrected chi connectivity index (χ1v) is 13.8. The molecule has 1 aromatic rings. The monoisotopic (exact) mass is 527 g/mol. The zero-order valence-corrected chi connectivity index (χ0v) is 23.0. The van der Waals surface area contributed by atoms with E-state index in [1.807, 2.05) is 50.9 Å². The Morgan fingerprint density at radius 2 is 1.68 bits per heavy atom. The lowest BCUT2D eigenvalue weighted by Gasteiger charge is -2.43. The van der Waals surface area contributed by atoms with Crippen molar-refractivity contribution in [1.82, 2.24) is 25.1 Å². The molecule has 0 aliphatic carbocycles. The average Bonchev–Trinajstić information content (AvgIpc) is 3.48. The van der Waals surface area contributed by atoms with Gasteiger partial charge < -0.3 is 15.0 Å². The van der Waals surface area contributed by atoms with E-state index in [0.29, 0.717) is 51.1 Å². The van der Waals surface area contributed by atoms with Gasteiger partial charge in [-0.15, -0.1) is 0 Å². The zero-order chi connectivity index (χ0) is 27.4. The third kappa shape index (κ3) is 6.02. The number of piperazine rings is 1. The highest BCUT2D eigenvalue weighted by Crippen LogP contribution is 2.32. The predicted molar refractivity (Wildman–Crippen MR) is 142 cm³/mol. The molecule has 3 unspecified atom stereocenters. The van der Waals surface area contributed by atoms with E-state index in [9.17, 15) is 19.2 Å². The van der Waals surface area contributed by atoms with Crippen molar-refractivity contribution in [2.45, 2.75) is 58.7 Å². The summed E-state index contributed by atoms with van der Waals surface area (Å²) in [4.78, 5) is 57.2. The van der Waals surface area contributed by atoms with Gasteiger partial charge in [0.15, 0.2) is 5.78 Å². The summed E-state index contributed by atoms with van der Waals surface area (Å²) in [6.45, 7) is 11.2. The number of nitrogens with zero attached hydrogens (tertiary/aromatic N) is 4. The molecule has 0 spiro atoms. The van der Waals surface area contributed by atoms with E-state index >= 15 is 0 Å². The Bertz CT molecular complexity index is 1010. The van der Waals surface area contributed by atoms with Gasteiger partial charge >= 0.3 is 6.09 Å². The van der Waals surface area contributed by atoms with Crippen molar-refractivity contribution in [2.75, 3.05) is 45.9 Å². The van der Waals surface area contributed by atoms with Crippen LogP contribution in [0.1, 0.15) is 50.9 Å². The minimum Gasteiger partial charge on any atom is -0.449 e. The lowest BCUT2D eigenvalue weighted by molar-refractivity contribution is -0.147. The van der Waals surface area contributed by atoms with Crippen LogP contribution in [0.25, 0.3) is 0 Å². The molecule has 38 heavy (non-hydrogen) atoms. The maximum Gasteiger partial charge on any atom is 0.410 e. The number of ketones is 1. The SMILES string of the molecule is CC(C)COC(=O)N1CC(=O)C2C1CCN2C(=O)C(CC(C)C)N(C(=O)c1ccccc1)N1CCNCC1. The molecule has 10 heteroatoms. The Balaban J connectivity index is 1.61. The highest BCUT2D eigenvalue weighted by molar-refractivity contribution is 6.00. The number of hydrogen-bond donors (Lipinski definition) is 1. The second kappa shape index (κ2) is 12.3. The van der Waals surface area contributed by atoms with Crippen LogP contribution in [0, 0.1) is 11.8 Å². The number of ether oxygens (including phenoxy) is 1. The summed E-state index contributed by atoms with van der Waals surface area (Å²) < 4.78 is 5.40. The van der Waals surface area contributed by atoms with E-state index in [0.717, 1.165) is 0 Å². The Morgan fingerprint density at radius 1 is 1.00 bits per heavy atom. The van der Waals surface area contributed by atoms with Crippen molar-refractivity contribution in [1.29, 1.82) is 0 Å². The molecule has 3 atom stereocenters. The van der Waals surface area contributed by atoms with E-state index in [1.54, 1.807) is 22.0 Å². The van der Waals surface area contributed by atoms with E-state index in [1.165, 1.54) is 4.90 Å². The van der Waals surface area contributed by atoms with Crippen LogP contribution in [0.3, 0.4) is 0 Å². The van der Waals surface area contributed by atoms with E-state index < -0.39 is 24.2 Å². The number of carbonyl (C=O) groups is 4. The first-order valence-electron chi connectivity index (χ1n) is 13.8. The van der Waals surface area contributed by atoms with Gasteiger partial charge in [0.2, 0.25) is 5.91 Å². The van der Waals surface area contributed by atoms with Crippen molar-refractivity contribution >= 4 is 23.7 Å². The second-order valence-corrected chi connectivity index (χ2v) is 11.3. The molecule has 3 fully saturated rings. The molecule has 0 radical (unpaired) electrons. The van der Waals surface area contributed by atoms with Crippen LogP contribution >= 0.6 is 0 Å². The highest BCUT2D eigenvalue weighted by atomic mass is 16.6. The number of benzene rings is 1. The van der Waals surface area contributed by atoms with Crippen LogP contribution < -0.4 is 5.32 Å². The van der Waals surface area contributed by atoms with Crippen molar-refractivity contribution in [2.24, 2.45) is 11.8 Å². The maximum absolute atomic E-state index is 14.3. The van der Waals surface area contributed by atoms with Crippen LogP contribution in [0.2, 0.25) is 0 Å². The Labute approximate surface area is 225 Å². The molecule has 3 aliphatic heterocycles. The molecule has 208 valence electrons. The number of carbonyl (C=O) groups excluding carboxylic acids is 4. The average molecular weight is 528 g/mol. The van der Waals surface area contributed by atoms with Crippen LogP contribution in [0.5, 0.6) is 0 Å². The molecular weight excluding hydrogens is 486 g/mol. The fourth-order valence-corrected chi connectivity index (χ4v) is 5.63. The fourth-order valence-electron chi connectivity index (χ4n) is 5.63. The third-order valence-corrected chi connectivity index (χ3v) is 7.38. The number of hydrogen-bond acceptors (Lipinski definition) is 7. The van der Waals surface area contributed by atoms with Gasteiger partial charge in [-0.2, -0.15) is 0 Å². The van der Waals surface area contributed by atoms with Gasteiger partial charge in [0, 0.05) is 38.3 Å². The van der Waals surface area contributed by atoms with E-state index in [4.69, 9.17) is 4.74 Å². The standard InChI is InChI=1S/C28H41N5O5/c1-19(2)16-23(33(30-14-11-29-12-15-30)26(35)21-8-6-5-7-9-21)27(36)31-13-10-22-25(31)24(34)17-32(22)28(37)38-18-20(3)4/h5-9,19-20,22-23,25,29H,10-18H2,1-4H3. The Kier molecular flexibility index (Phi) is 9.04. The number of nitrogens with one attached hydrogen (secondary N) is 1. The summed E-state index contributed by atoms with van der Waals surface area (Å²) in [6.07, 6.45) is 0.464. The number of hydrazine groups is 1. The Morgan fingerprint density at radius 3 is 2.32 bits per heavy atom. The van der Waals surface area contributed by atoms with Crippen LogP contribution in [0.15, 0.2) is 30.3 Å². The van der Waals surface area contributed by atoms with Gasteiger partial charge in [-0.1, -0.05) is 45.9 Å². The lowest BCUT2D eigenvalue weighted by atomic mass is 10.00. The van der Waals surface area contributed by atoms with Gasteiger partial charge in [0.25, 0.3) is 5.91 Å². The Hall–Kier alpha value is -2.98. The molecule has 3 aliphatic rings. The smallest absolute Gasteiger partial charge is 0.410 e. The summed E-state index contributed by atoms with van der Waals surface area (Å²) in [5, 5.41) is 6.92. The number of rotatable bonds is 8. The fraction of sp³-hybridized carbons (Fsp3) is 0.643. The largest absolute Gasteiger partial charge is 0.449 e. The van der Waals surface area contributed by atoms with Crippen LogP contribution in [0.4, 0.5) is 4.79 Å². The molecule has 4 rings (SSSR count). The third-order valence-electron chi connectivity index (χ3n) is 7.38. The summed E-state index contributed by atoms with van der Waals surface area (Å²) in [5.74, 6) is -0.296. The summed E-state index contributed by atoms with van der Waals surface area (Å²) >= 11 is 0. The predicted octanol–water partition coefficient (Wildman–Crippen LogP) is 2.01. The minimum absolute atomic E-state index is 0.0602. The number of likely N-dealkylation sites (tertiary alicyclic amines) is 2. The summed E-state index contributed by atoms with van der Waals surface area (Å²) in [5.41, 5.74) is 0.517. The number of Topliss-reactive ketones (excluding diaryl/α,β-unsaturated/α-hetero) is 1. The molecule has 1 N–H and O–H groups in total. The lowest BCUT2D eigenvalue weighted by Crippen LogP contribution is -2.62. The van der Waals surface area contributed by atoms with Gasteiger partial charge in [0.05, 0.1) is 19.2 Å². The maximum atomic E-state index is 14.3. The molecular formula is C28H41N5O5. The first-order chi connectivity index (χ1) is 18.2. The highest BCUT2D eigenvalue weighted by Gasteiger charge is 2.53. The van der Waals surface area contributed by atoms with Crippen LogP contribution in [-0.2, 0) is 14.3 Å². The zero-order valence-electron chi connectivity index (χ0n) is 23.0. The molecule has 0 bridgehead atoms. The van der Waals surface area contributed by atoms with Crippen molar-refractivity contribution in [3.8, 4) is 0 Å². The van der Waals surface area contributed by atoms with Crippen molar-refractivity contribution < 1.29 is 23.9 Å². The van der Waals surface area contributed by atoms with Gasteiger partial charge in [0.1, 0.15) is 12.1 Å². The van der Waals surface area contributed by atoms with E-state index in [2.05, 4.69) is 5.32 Å². The quantitative estimate of drug-likeness (QED) is 0.552. The molecule has 0 saturated carbocycles. The first kappa shape index (κ1) is 28.0. The van der Waals surface area contributed by atoms with Crippen molar-refractivity contribution in [3.63, 3.8) is 0 Å². The van der Waals surface area contributed by atoms with Crippen LogP contribution in [-0.4, -0.2) is 108 Å². The second-order valence-electron chi connectivity index (χ2n) is 11.3. The topological polar surface area (TPSA) is 102 Å².